The van der Waals surface area contributed by atoms with Crippen molar-refractivity contribution in [3.63, 3.8) is 0 Å². The topological polar surface area (TPSA) is 99.6 Å². The number of carbonyl (C=O) groups is 3. The summed E-state index contributed by atoms with van der Waals surface area (Å²) in [6.07, 6.45) is -0.533. The Bertz CT molecular complexity index is 965. The number of hydrogen-bond acceptors (Lipinski definition) is 4. The normalized spacial score (nSPS) is 15.7. The van der Waals surface area contributed by atoms with Gasteiger partial charge in [-0.05, 0) is 36.1 Å². The highest BCUT2D eigenvalue weighted by atomic mass is 19.4. The molecule has 0 saturated carbocycles. The van der Waals surface area contributed by atoms with Crippen molar-refractivity contribution >= 4 is 23.5 Å². The molecule has 7 nitrogen and oxygen atoms in total. The lowest BCUT2D eigenvalue weighted by atomic mass is 10.0. The number of anilines is 1. The number of halogens is 3. The van der Waals surface area contributed by atoms with Gasteiger partial charge in [-0.2, -0.15) is 13.2 Å². The number of carbonyl (C=O) groups excluding carboxylic acids is 2. The zero-order valence-electron chi connectivity index (χ0n) is 17.6. The molecule has 1 aliphatic heterocycles. The third kappa shape index (κ3) is 6.53. The highest BCUT2D eigenvalue weighted by Gasteiger charge is 2.38. The number of aromatic nitrogens is 1. The van der Waals surface area contributed by atoms with Crippen molar-refractivity contribution in [3.05, 3.63) is 59.4 Å². The van der Waals surface area contributed by atoms with Gasteiger partial charge in [0.05, 0.1) is 5.92 Å². The number of aliphatic carboxylic acids is 1. The SMILES string of the molecule is CCc1cccc(C)c1N1CC(C(=O)NCc2cccnc2)CC1=O.O=C(O)C(F)(F)F. The number of benzene rings is 1. The van der Waals surface area contributed by atoms with E-state index in [1.54, 1.807) is 17.3 Å². The summed E-state index contributed by atoms with van der Waals surface area (Å²) >= 11 is 0. The fourth-order valence-corrected chi connectivity index (χ4v) is 3.33. The van der Waals surface area contributed by atoms with Crippen LogP contribution in [0.5, 0.6) is 0 Å². The zero-order valence-corrected chi connectivity index (χ0v) is 17.6. The molecule has 1 atom stereocenters. The summed E-state index contributed by atoms with van der Waals surface area (Å²) in [6.45, 7) is 4.96. The summed E-state index contributed by atoms with van der Waals surface area (Å²) in [4.78, 5) is 39.7. The van der Waals surface area contributed by atoms with Crippen LogP contribution in [0.1, 0.15) is 30.0 Å². The fraction of sp³-hybridized carbons (Fsp3) is 0.364. The molecule has 0 radical (unpaired) electrons. The molecule has 10 heteroatoms. The monoisotopic (exact) mass is 451 g/mol. The van der Waals surface area contributed by atoms with Gasteiger partial charge in [-0.1, -0.05) is 31.2 Å². The van der Waals surface area contributed by atoms with Gasteiger partial charge in [0.1, 0.15) is 0 Å². The third-order valence-corrected chi connectivity index (χ3v) is 4.90. The largest absolute Gasteiger partial charge is 0.490 e. The zero-order chi connectivity index (χ0) is 23.9. The summed E-state index contributed by atoms with van der Waals surface area (Å²) in [5.74, 6) is -3.13. The predicted octanol–water partition coefficient (Wildman–Crippen LogP) is 3.26. The third-order valence-electron chi connectivity index (χ3n) is 4.90. The van der Waals surface area contributed by atoms with Crippen LogP contribution in [0.4, 0.5) is 18.9 Å². The van der Waals surface area contributed by atoms with Crippen molar-refractivity contribution in [1.82, 2.24) is 10.3 Å². The maximum atomic E-state index is 12.5. The van der Waals surface area contributed by atoms with Gasteiger partial charge >= 0.3 is 12.1 Å². The number of para-hydroxylation sites is 1. The molecule has 1 aromatic heterocycles. The second kappa shape index (κ2) is 10.7. The van der Waals surface area contributed by atoms with E-state index in [1.165, 1.54) is 0 Å². The van der Waals surface area contributed by atoms with Crippen LogP contribution in [0.2, 0.25) is 0 Å². The Kier molecular flexibility index (Phi) is 8.34. The standard InChI is InChI=1S/C20H23N3O2.C2HF3O2/c1-3-16-8-4-6-14(2)19(16)23-13-17(10-18(23)24)20(25)22-12-15-7-5-9-21-11-15;3-2(4,5)1(6)7/h4-9,11,17H,3,10,12-13H2,1-2H3,(H,22,25);(H,6,7). The summed E-state index contributed by atoms with van der Waals surface area (Å²) in [5, 5.41) is 10.0. The molecule has 1 aromatic carbocycles. The molecule has 2 heterocycles. The average molecular weight is 451 g/mol. The molecular formula is C22H24F3N3O4. The van der Waals surface area contributed by atoms with E-state index in [1.807, 2.05) is 37.3 Å². The maximum absolute atomic E-state index is 12.5. The van der Waals surface area contributed by atoms with Gasteiger partial charge in [-0.15, -0.1) is 0 Å². The molecule has 172 valence electrons. The first-order valence-electron chi connectivity index (χ1n) is 9.90. The van der Waals surface area contributed by atoms with Gasteiger partial charge in [-0.3, -0.25) is 14.6 Å². The van der Waals surface area contributed by atoms with Crippen LogP contribution in [-0.2, 0) is 27.3 Å². The highest BCUT2D eigenvalue weighted by molar-refractivity contribution is 6.01. The first kappa shape index (κ1) is 24.8. The Balaban J connectivity index is 0.000000451. The number of carboxylic acid groups (broad SMARTS) is 1. The van der Waals surface area contributed by atoms with Crippen LogP contribution >= 0.6 is 0 Å². The number of amides is 2. The number of carboxylic acids is 1. The van der Waals surface area contributed by atoms with Crippen LogP contribution in [0.15, 0.2) is 42.7 Å². The predicted molar refractivity (Wildman–Crippen MR) is 111 cm³/mol. The maximum Gasteiger partial charge on any atom is 0.490 e. The fourth-order valence-electron chi connectivity index (χ4n) is 3.33. The van der Waals surface area contributed by atoms with Crippen molar-refractivity contribution < 1.29 is 32.7 Å². The van der Waals surface area contributed by atoms with E-state index in [0.717, 1.165) is 28.8 Å². The van der Waals surface area contributed by atoms with Gasteiger partial charge in [-0.25, -0.2) is 4.79 Å². The van der Waals surface area contributed by atoms with Crippen LogP contribution in [0.3, 0.4) is 0 Å². The number of nitrogens with zero attached hydrogens (tertiary/aromatic N) is 2. The molecule has 1 unspecified atom stereocenters. The smallest absolute Gasteiger partial charge is 0.475 e. The summed E-state index contributed by atoms with van der Waals surface area (Å²) in [5.41, 5.74) is 4.13. The lowest BCUT2D eigenvalue weighted by molar-refractivity contribution is -0.192. The summed E-state index contributed by atoms with van der Waals surface area (Å²) < 4.78 is 31.7. The quantitative estimate of drug-likeness (QED) is 0.727. The first-order valence-corrected chi connectivity index (χ1v) is 9.90. The Morgan fingerprint density at radius 3 is 2.50 bits per heavy atom. The molecule has 0 spiro atoms. The Labute approximate surface area is 183 Å². The summed E-state index contributed by atoms with van der Waals surface area (Å²) in [6, 6.07) is 9.83. The Hall–Kier alpha value is -3.43. The van der Waals surface area contributed by atoms with Gasteiger partial charge in [0.15, 0.2) is 0 Å². The van der Waals surface area contributed by atoms with Gasteiger partial charge in [0.2, 0.25) is 11.8 Å². The minimum Gasteiger partial charge on any atom is -0.475 e. The van der Waals surface area contributed by atoms with Crippen molar-refractivity contribution in [2.45, 2.75) is 39.4 Å². The van der Waals surface area contributed by atoms with Gasteiger partial charge in [0.25, 0.3) is 0 Å². The molecule has 1 fully saturated rings. The molecule has 0 aliphatic carbocycles. The minimum atomic E-state index is -5.08. The molecule has 1 saturated heterocycles. The van der Waals surface area contributed by atoms with Crippen molar-refractivity contribution in [2.24, 2.45) is 5.92 Å². The highest BCUT2D eigenvalue weighted by Crippen LogP contribution is 2.31. The van der Waals surface area contributed by atoms with E-state index >= 15 is 0 Å². The number of pyridine rings is 1. The second-order valence-corrected chi connectivity index (χ2v) is 7.22. The second-order valence-electron chi connectivity index (χ2n) is 7.22. The molecule has 1 aliphatic rings. The molecule has 2 aromatic rings. The summed E-state index contributed by atoms with van der Waals surface area (Å²) in [7, 11) is 0. The van der Waals surface area contributed by atoms with Gasteiger partial charge in [0, 0.05) is 37.6 Å². The van der Waals surface area contributed by atoms with Crippen molar-refractivity contribution in [1.29, 1.82) is 0 Å². The number of nitrogens with one attached hydrogen (secondary N) is 1. The van der Waals surface area contributed by atoms with Crippen LogP contribution in [0.25, 0.3) is 0 Å². The number of aryl methyl sites for hydroxylation is 2. The molecular weight excluding hydrogens is 427 g/mol. The minimum absolute atomic E-state index is 0.0190. The van der Waals surface area contributed by atoms with Crippen LogP contribution in [-0.4, -0.2) is 40.6 Å². The average Bonchev–Trinajstić information content (AvgIpc) is 3.13. The van der Waals surface area contributed by atoms with E-state index in [9.17, 15) is 22.8 Å². The molecule has 0 bridgehead atoms. The molecule has 2 N–H and O–H groups in total. The van der Waals surface area contributed by atoms with E-state index < -0.39 is 12.1 Å². The molecule has 3 rings (SSSR count). The number of hydrogen-bond donors (Lipinski definition) is 2. The van der Waals surface area contributed by atoms with E-state index in [4.69, 9.17) is 9.90 Å². The van der Waals surface area contributed by atoms with Crippen molar-refractivity contribution in [2.75, 3.05) is 11.4 Å². The Morgan fingerprint density at radius 1 is 1.25 bits per heavy atom. The van der Waals surface area contributed by atoms with E-state index in [0.29, 0.717) is 13.1 Å². The Morgan fingerprint density at radius 2 is 1.94 bits per heavy atom. The molecule has 32 heavy (non-hydrogen) atoms. The van der Waals surface area contributed by atoms with Crippen LogP contribution < -0.4 is 10.2 Å². The number of rotatable bonds is 5. The van der Waals surface area contributed by atoms with Crippen molar-refractivity contribution in [3.8, 4) is 0 Å². The van der Waals surface area contributed by atoms with Gasteiger partial charge < -0.3 is 15.3 Å². The number of alkyl halides is 3. The molecule has 2 amide bonds. The van der Waals surface area contributed by atoms with E-state index in [-0.39, 0.29) is 24.2 Å². The first-order chi connectivity index (χ1) is 15.0. The lowest BCUT2D eigenvalue weighted by Gasteiger charge is -2.22. The lowest BCUT2D eigenvalue weighted by Crippen LogP contribution is -2.33. The van der Waals surface area contributed by atoms with E-state index in [2.05, 4.69) is 17.2 Å². The van der Waals surface area contributed by atoms with Crippen LogP contribution in [0, 0.1) is 12.8 Å².